The molecule has 216 valence electrons. The fraction of sp³-hybridized carbons (Fsp3) is 0.767. The Labute approximate surface area is 228 Å². The minimum atomic E-state index is -1.19. The smallest absolute Gasteiger partial charge is 0.224 e. The number of hydrogen-bond donors (Lipinski definition) is 2. The molecule has 0 unspecified atom stereocenters. The molecule has 2 fully saturated rings. The number of ether oxygens (including phenoxy) is 5. The Morgan fingerprint density at radius 3 is 2.24 bits per heavy atom. The quantitative estimate of drug-likeness (QED) is 0.258. The maximum absolute atomic E-state index is 12.5. The van der Waals surface area contributed by atoms with Gasteiger partial charge in [-0.05, 0) is 38.0 Å². The maximum Gasteiger partial charge on any atom is 0.224 e. The van der Waals surface area contributed by atoms with Crippen LogP contribution in [-0.2, 0) is 30.2 Å². The van der Waals surface area contributed by atoms with E-state index in [-0.39, 0.29) is 25.5 Å². The Balaban J connectivity index is 1.38. The van der Waals surface area contributed by atoms with Crippen molar-refractivity contribution in [3.8, 4) is 5.75 Å². The van der Waals surface area contributed by atoms with Gasteiger partial charge in [-0.1, -0.05) is 76.8 Å². The largest absolute Gasteiger partial charge is 0.497 e. The van der Waals surface area contributed by atoms with Gasteiger partial charge >= 0.3 is 0 Å². The fourth-order valence-electron chi connectivity index (χ4n) is 5.26. The van der Waals surface area contributed by atoms with E-state index < -0.39 is 29.9 Å². The van der Waals surface area contributed by atoms with Crippen LogP contribution >= 0.6 is 0 Å². The highest BCUT2D eigenvalue weighted by Gasteiger charge is 2.64. The number of carbonyl (C=O) groups excluding carboxylic acids is 1. The standard InChI is InChI=1S/C30H49NO7/c1-5-6-7-8-9-10-11-12-13-14-19-35-22-30-28(37-29(2,3)38-30)27(33)25(36-30)21-31-26(32)20-23-15-17-24(34-4)18-16-23/h15-18,25,27-28,33H,5-14,19-22H2,1-4H3,(H,31,32)/t25-,27+,28-,30-/m0/s1. The van der Waals surface area contributed by atoms with Gasteiger partial charge in [0.05, 0.1) is 13.5 Å². The molecular weight excluding hydrogens is 486 g/mol. The predicted octanol–water partition coefficient (Wildman–Crippen LogP) is 4.90. The number of benzene rings is 1. The first kappa shape index (κ1) is 30.8. The van der Waals surface area contributed by atoms with Crippen LogP contribution in [0.3, 0.4) is 0 Å². The van der Waals surface area contributed by atoms with Gasteiger partial charge in [-0.3, -0.25) is 4.79 Å². The van der Waals surface area contributed by atoms with Crippen molar-refractivity contribution < 1.29 is 33.6 Å². The molecule has 0 aliphatic carbocycles. The van der Waals surface area contributed by atoms with E-state index in [0.29, 0.717) is 6.61 Å². The van der Waals surface area contributed by atoms with Crippen molar-refractivity contribution in [1.82, 2.24) is 5.32 Å². The molecule has 3 rings (SSSR count). The molecule has 0 bridgehead atoms. The van der Waals surface area contributed by atoms with Gasteiger partial charge in [-0.15, -0.1) is 0 Å². The molecule has 8 nitrogen and oxygen atoms in total. The summed E-state index contributed by atoms with van der Waals surface area (Å²) in [5.74, 6) is -1.50. The summed E-state index contributed by atoms with van der Waals surface area (Å²) >= 11 is 0. The Morgan fingerprint density at radius 1 is 0.974 bits per heavy atom. The van der Waals surface area contributed by atoms with Gasteiger partial charge in [0.25, 0.3) is 0 Å². The monoisotopic (exact) mass is 535 g/mol. The Kier molecular flexibility index (Phi) is 12.3. The summed E-state index contributed by atoms with van der Waals surface area (Å²) in [4.78, 5) is 12.5. The molecule has 2 N–H and O–H groups in total. The number of nitrogens with one attached hydrogen (secondary N) is 1. The Hall–Kier alpha value is -1.71. The fourth-order valence-corrected chi connectivity index (χ4v) is 5.26. The summed E-state index contributed by atoms with van der Waals surface area (Å²) in [5, 5.41) is 13.8. The maximum atomic E-state index is 12.5. The van der Waals surface area contributed by atoms with E-state index in [1.165, 1.54) is 51.4 Å². The van der Waals surface area contributed by atoms with Crippen molar-refractivity contribution in [2.75, 3.05) is 26.9 Å². The number of hydrogen-bond acceptors (Lipinski definition) is 7. The van der Waals surface area contributed by atoms with E-state index in [0.717, 1.165) is 24.2 Å². The molecule has 8 heteroatoms. The number of rotatable bonds is 18. The van der Waals surface area contributed by atoms with Gasteiger partial charge in [0.1, 0.15) is 30.7 Å². The molecule has 2 aliphatic rings. The van der Waals surface area contributed by atoms with E-state index in [1.54, 1.807) is 21.0 Å². The number of amides is 1. The SMILES string of the molecule is CCCCCCCCCCCCOC[C@@]12O[C@@H](CNC(=O)Cc3ccc(OC)cc3)[C@@H](O)[C@@H]1OC(C)(C)O2. The van der Waals surface area contributed by atoms with Gasteiger partial charge in [0.2, 0.25) is 11.7 Å². The third-order valence-corrected chi connectivity index (χ3v) is 7.27. The lowest BCUT2D eigenvalue weighted by atomic mass is 10.1. The second-order valence-electron chi connectivity index (χ2n) is 11.1. The summed E-state index contributed by atoms with van der Waals surface area (Å²) in [6.07, 6.45) is 10.6. The average molecular weight is 536 g/mol. The minimum absolute atomic E-state index is 0.153. The van der Waals surface area contributed by atoms with Crippen LogP contribution in [0.5, 0.6) is 5.75 Å². The van der Waals surface area contributed by atoms with Crippen LogP contribution in [0.15, 0.2) is 24.3 Å². The van der Waals surface area contributed by atoms with Crippen molar-refractivity contribution >= 4 is 5.91 Å². The Bertz CT molecular complexity index is 830. The number of fused-ring (bicyclic) bond motifs is 1. The zero-order valence-electron chi connectivity index (χ0n) is 23.8. The molecule has 0 spiro atoms. The first-order valence-electron chi connectivity index (χ1n) is 14.5. The third-order valence-electron chi connectivity index (χ3n) is 7.27. The highest BCUT2D eigenvalue weighted by molar-refractivity contribution is 5.78. The van der Waals surface area contributed by atoms with Crippen LogP contribution in [0, 0.1) is 0 Å². The molecule has 0 saturated carbocycles. The molecule has 4 atom stereocenters. The van der Waals surface area contributed by atoms with Crippen LogP contribution in [0.2, 0.25) is 0 Å². The summed E-state index contributed by atoms with van der Waals surface area (Å²) in [6.45, 7) is 6.79. The van der Waals surface area contributed by atoms with Gasteiger partial charge in [-0.2, -0.15) is 0 Å². The summed E-state index contributed by atoms with van der Waals surface area (Å²) in [6, 6.07) is 7.36. The van der Waals surface area contributed by atoms with Crippen LogP contribution < -0.4 is 10.1 Å². The van der Waals surface area contributed by atoms with E-state index in [1.807, 2.05) is 24.3 Å². The number of aliphatic hydroxyl groups excluding tert-OH is 1. The first-order valence-corrected chi connectivity index (χ1v) is 14.5. The normalized spacial score (nSPS) is 25.9. The first-order chi connectivity index (χ1) is 18.3. The van der Waals surface area contributed by atoms with E-state index in [4.69, 9.17) is 23.7 Å². The predicted molar refractivity (Wildman–Crippen MR) is 146 cm³/mol. The summed E-state index contributed by atoms with van der Waals surface area (Å²) in [5.41, 5.74) is 0.873. The number of carbonyl (C=O) groups is 1. The molecule has 0 radical (unpaired) electrons. The molecule has 0 aromatic heterocycles. The molecule has 1 aromatic carbocycles. The second kappa shape index (κ2) is 15.2. The zero-order chi connectivity index (χ0) is 27.4. The molecule has 2 saturated heterocycles. The molecule has 1 amide bonds. The third kappa shape index (κ3) is 9.19. The molecule has 38 heavy (non-hydrogen) atoms. The summed E-state index contributed by atoms with van der Waals surface area (Å²) < 4.78 is 29.5. The van der Waals surface area contributed by atoms with Crippen LogP contribution in [0.1, 0.15) is 90.5 Å². The lowest BCUT2D eigenvalue weighted by molar-refractivity contribution is -0.277. The van der Waals surface area contributed by atoms with Crippen molar-refractivity contribution in [2.24, 2.45) is 0 Å². The number of methoxy groups -OCH3 is 1. The lowest BCUT2D eigenvalue weighted by Crippen LogP contribution is -2.45. The minimum Gasteiger partial charge on any atom is -0.497 e. The van der Waals surface area contributed by atoms with Crippen molar-refractivity contribution in [3.63, 3.8) is 0 Å². The highest BCUT2D eigenvalue weighted by atomic mass is 16.9. The van der Waals surface area contributed by atoms with Crippen molar-refractivity contribution in [1.29, 1.82) is 0 Å². The Morgan fingerprint density at radius 2 is 1.61 bits per heavy atom. The molecule has 1 aromatic rings. The number of unbranched alkanes of at least 4 members (excludes halogenated alkanes) is 9. The van der Waals surface area contributed by atoms with Gasteiger partial charge in [-0.25, -0.2) is 0 Å². The summed E-state index contributed by atoms with van der Waals surface area (Å²) in [7, 11) is 1.61. The molecule has 2 heterocycles. The second-order valence-corrected chi connectivity index (χ2v) is 11.1. The average Bonchev–Trinajstić information content (AvgIpc) is 3.30. The van der Waals surface area contributed by atoms with E-state index in [2.05, 4.69) is 12.2 Å². The van der Waals surface area contributed by atoms with Gasteiger partial charge < -0.3 is 34.1 Å². The van der Waals surface area contributed by atoms with Crippen molar-refractivity contribution in [3.05, 3.63) is 29.8 Å². The lowest BCUT2D eigenvalue weighted by Gasteiger charge is -2.28. The highest BCUT2D eigenvalue weighted by Crippen LogP contribution is 2.45. The van der Waals surface area contributed by atoms with Crippen LogP contribution in [0.25, 0.3) is 0 Å². The van der Waals surface area contributed by atoms with Crippen molar-refractivity contribution in [2.45, 2.75) is 121 Å². The van der Waals surface area contributed by atoms with E-state index >= 15 is 0 Å². The van der Waals surface area contributed by atoms with Gasteiger partial charge in [0.15, 0.2) is 5.79 Å². The van der Waals surface area contributed by atoms with Crippen LogP contribution in [-0.4, -0.2) is 67.8 Å². The number of aliphatic hydroxyl groups is 1. The van der Waals surface area contributed by atoms with Gasteiger partial charge in [0, 0.05) is 13.2 Å². The van der Waals surface area contributed by atoms with Crippen LogP contribution in [0.4, 0.5) is 0 Å². The van der Waals surface area contributed by atoms with E-state index in [9.17, 15) is 9.90 Å². The topological polar surface area (TPSA) is 95.5 Å². The molecular formula is C30H49NO7. The zero-order valence-corrected chi connectivity index (χ0v) is 23.8. The molecule has 2 aliphatic heterocycles.